The van der Waals surface area contributed by atoms with Crippen LogP contribution in [0.2, 0.25) is 0 Å². The highest BCUT2D eigenvalue weighted by Gasteiger charge is 2.47. The fourth-order valence-electron chi connectivity index (χ4n) is 6.81. The van der Waals surface area contributed by atoms with E-state index in [2.05, 4.69) is 53.4 Å². The van der Waals surface area contributed by atoms with Gasteiger partial charge >= 0.3 is 0 Å². The number of para-hydroxylation sites is 1. The van der Waals surface area contributed by atoms with E-state index in [1.165, 1.54) is 23.2 Å². The Kier molecular flexibility index (Phi) is 6.94. The predicted octanol–water partition coefficient (Wildman–Crippen LogP) is 6.35. The second-order valence-electron chi connectivity index (χ2n) is 11.1. The van der Waals surface area contributed by atoms with Gasteiger partial charge in [-0.3, -0.25) is 4.79 Å². The normalized spacial score (nSPS) is 17.1. The standard InChI is InChI=1S/C35H35N3O2/c1-35(24-36,34(39)38-22-20-37(21-23-38)31-18-9-13-26-12-7-16-28(26)31)33(30-15-5-6-19-32(30)40-2)29-17-8-11-25-10-3-4-14-27(25)29/h3-6,8-11,13-15,17-19,33H,7,12,16,20-23H2,1-2H3/t33?,35-/m1/s1. The van der Waals surface area contributed by atoms with Crippen molar-refractivity contribution >= 4 is 22.4 Å². The Hall–Kier alpha value is -4.30. The number of rotatable bonds is 6. The number of hydrogen-bond acceptors (Lipinski definition) is 4. The van der Waals surface area contributed by atoms with Crippen LogP contribution in [0.1, 0.15) is 41.5 Å². The summed E-state index contributed by atoms with van der Waals surface area (Å²) in [6.07, 6.45) is 3.49. The van der Waals surface area contributed by atoms with Crippen LogP contribution in [0.25, 0.3) is 10.8 Å². The lowest BCUT2D eigenvalue weighted by Gasteiger charge is -2.41. The van der Waals surface area contributed by atoms with E-state index < -0.39 is 11.3 Å². The van der Waals surface area contributed by atoms with E-state index in [1.807, 2.05) is 54.3 Å². The lowest BCUT2D eigenvalue weighted by Crippen LogP contribution is -2.54. The number of benzene rings is 4. The molecule has 1 aliphatic heterocycles. The molecule has 0 saturated carbocycles. The van der Waals surface area contributed by atoms with Crippen LogP contribution in [0.15, 0.2) is 84.9 Å². The van der Waals surface area contributed by atoms with E-state index in [0.717, 1.165) is 47.8 Å². The highest BCUT2D eigenvalue weighted by atomic mass is 16.5. The van der Waals surface area contributed by atoms with E-state index in [9.17, 15) is 10.1 Å². The van der Waals surface area contributed by atoms with Crippen molar-refractivity contribution in [2.75, 3.05) is 38.2 Å². The van der Waals surface area contributed by atoms with Crippen molar-refractivity contribution < 1.29 is 9.53 Å². The fraction of sp³-hybridized carbons (Fsp3) is 0.314. The number of methoxy groups -OCH3 is 1. The Morgan fingerprint density at radius 3 is 2.38 bits per heavy atom. The lowest BCUT2D eigenvalue weighted by molar-refractivity contribution is -0.139. The second kappa shape index (κ2) is 10.7. The molecule has 0 bridgehead atoms. The Labute approximate surface area is 236 Å². The number of nitriles is 1. The number of aryl methyl sites for hydroxylation is 1. The molecule has 40 heavy (non-hydrogen) atoms. The fourth-order valence-corrected chi connectivity index (χ4v) is 6.81. The average Bonchev–Trinajstić information content (AvgIpc) is 3.50. The van der Waals surface area contributed by atoms with Gasteiger partial charge in [0, 0.05) is 43.3 Å². The highest BCUT2D eigenvalue weighted by molar-refractivity contribution is 5.91. The topological polar surface area (TPSA) is 56.6 Å². The van der Waals surface area contributed by atoms with Gasteiger partial charge in [0.05, 0.1) is 13.2 Å². The van der Waals surface area contributed by atoms with E-state index in [-0.39, 0.29) is 5.91 Å². The molecule has 1 heterocycles. The second-order valence-corrected chi connectivity index (χ2v) is 11.1. The minimum absolute atomic E-state index is 0.128. The number of ether oxygens (including phenoxy) is 1. The van der Waals surface area contributed by atoms with Gasteiger partial charge in [-0.25, -0.2) is 0 Å². The number of fused-ring (bicyclic) bond motifs is 2. The minimum atomic E-state index is -1.34. The summed E-state index contributed by atoms with van der Waals surface area (Å²) in [7, 11) is 1.64. The van der Waals surface area contributed by atoms with Crippen molar-refractivity contribution in [2.24, 2.45) is 5.41 Å². The Morgan fingerprint density at radius 1 is 0.875 bits per heavy atom. The third kappa shape index (κ3) is 4.38. The molecular formula is C35H35N3O2. The predicted molar refractivity (Wildman–Crippen MR) is 160 cm³/mol. The first kappa shape index (κ1) is 26.0. The Balaban J connectivity index is 1.36. The summed E-state index contributed by atoms with van der Waals surface area (Å²) in [5, 5.41) is 12.9. The molecule has 4 aromatic carbocycles. The van der Waals surface area contributed by atoms with Crippen molar-refractivity contribution in [1.29, 1.82) is 5.26 Å². The third-order valence-electron chi connectivity index (χ3n) is 8.87. The largest absolute Gasteiger partial charge is 0.496 e. The van der Waals surface area contributed by atoms with E-state index in [1.54, 1.807) is 7.11 Å². The molecule has 0 spiro atoms. The minimum Gasteiger partial charge on any atom is -0.496 e. The summed E-state index contributed by atoms with van der Waals surface area (Å²) in [5.74, 6) is 0.0388. The zero-order valence-corrected chi connectivity index (χ0v) is 23.3. The molecular weight excluding hydrogens is 494 g/mol. The third-order valence-corrected chi connectivity index (χ3v) is 8.87. The van der Waals surface area contributed by atoms with Crippen LogP contribution < -0.4 is 9.64 Å². The van der Waals surface area contributed by atoms with E-state index >= 15 is 0 Å². The van der Waals surface area contributed by atoms with Gasteiger partial charge in [0.25, 0.3) is 0 Å². The maximum Gasteiger partial charge on any atom is 0.243 e. The molecule has 2 atom stereocenters. The van der Waals surface area contributed by atoms with Gasteiger partial charge in [0.1, 0.15) is 11.2 Å². The van der Waals surface area contributed by atoms with E-state index in [4.69, 9.17) is 4.74 Å². The first-order valence-electron chi connectivity index (χ1n) is 14.2. The molecule has 5 heteroatoms. The van der Waals surface area contributed by atoms with Crippen LogP contribution in [-0.2, 0) is 17.6 Å². The number of amides is 1. The lowest BCUT2D eigenvalue weighted by atomic mass is 9.68. The maximum atomic E-state index is 14.4. The average molecular weight is 530 g/mol. The smallest absolute Gasteiger partial charge is 0.243 e. The van der Waals surface area contributed by atoms with Crippen molar-refractivity contribution in [2.45, 2.75) is 32.1 Å². The SMILES string of the molecule is COc1ccccc1C(c1cccc2ccccc12)[C@@](C)(C#N)C(=O)N1CCN(c2cccc3c2CCC3)CC1. The van der Waals surface area contributed by atoms with E-state index in [0.29, 0.717) is 18.8 Å². The summed E-state index contributed by atoms with van der Waals surface area (Å²) >= 11 is 0. The molecule has 1 fully saturated rings. The highest BCUT2D eigenvalue weighted by Crippen LogP contribution is 2.47. The van der Waals surface area contributed by atoms with Gasteiger partial charge in [-0.1, -0.05) is 72.8 Å². The molecule has 6 rings (SSSR count). The zero-order chi connectivity index (χ0) is 27.7. The quantitative estimate of drug-likeness (QED) is 0.292. The van der Waals surface area contributed by atoms with Gasteiger partial charge in [0.15, 0.2) is 0 Å². The number of anilines is 1. The van der Waals surface area contributed by atoms with Crippen LogP contribution in [0.3, 0.4) is 0 Å². The van der Waals surface area contributed by atoms with Crippen molar-refractivity contribution in [3.8, 4) is 11.8 Å². The van der Waals surface area contributed by atoms with Crippen LogP contribution in [0.5, 0.6) is 5.75 Å². The van der Waals surface area contributed by atoms with Crippen molar-refractivity contribution in [1.82, 2.24) is 4.90 Å². The van der Waals surface area contributed by atoms with Crippen LogP contribution in [0, 0.1) is 16.7 Å². The summed E-state index contributed by atoms with van der Waals surface area (Å²) in [6, 6.07) is 31.2. The van der Waals surface area contributed by atoms with Crippen LogP contribution >= 0.6 is 0 Å². The number of nitrogens with zero attached hydrogens (tertiary/aromatic N) is 3. The van der Waals surface area contributed by atoms with Crippen LogP contribution in [-0.4, -0.2) is 44.1 Å². The van der Waals surface area contributed by atoms with Gasteiger partial charge in [-0.15, -0.1) is 0 Å². The first-order chi connectivity index (χ1) is 19.5. The van der Waals surface area contributed by atoms with Crippen molar-refractivity contribution in [3.05, 3.63) is 107 Å². The van der Waals surface area contributed by atoms with Gasteiger partial charge in [0.2, 0.25) is 5.91 Å². The molecule has 0 N–H and O–H groups in total. The zero-order valence-electron chi connectivity index (χ0n) is 23.3. The molecule has 1 aliphatic carbocycles. The van der Waals surface area contributed by atoms with Gasteiger partial charge < -0.3 is 14.5 Å². The Bertz CT molecular complexity index is 1590. The molecule has 0 aromatic heterocycles. The number of carbonyl (C=O) groups is 1. The number of hydrogen-bond donors (Lipinski definition) is 0. The van der Waals surface area contributed by atoms with Gasteiger partial charge in [-0.2, -0.15) is 5.26 Å². The maximum absolute atomic E-state index is 14.4. The number of carbonyl (C=O) groups excluding carboxylic acids is 1. The molecule has 1 amide bonds. The molecule has 1 saturated heterocycles. The summed E-state index contributed by atoms with van der Waals surface area (Å²) in [4.78, 5) is 18.8. The molecule has 5 nitrogen and oxygen atoms in total. The number of piperazine rings is 1. The van der Waals surface area contributed by atoms with Crippen molar-refractivity contribution in [3.63, 3.8) is 0 Å². The molecule has 0 radical (unpaired) electrons. The summed E-state index contributed by atoms with van der Waals surface area (Å²) < 4.78 is 5.78. The molecule has 202 valence electrons. The summed E-state index contributed by atoms with van der Waals surface area (Å²) in [6.45, 7) is 4.52. The first-order valence-corrected chi connectivity index (χ1v) is 14.2. The monoisotopic (exact) mass is 529 g/mol. The van der Waals surface area contributed by atoms with Gasteiger partial charge in [-0.05, 0) is 65.8 Å². The van der Waals surface area contributed by atoms with Crippen LogP contribution in [0.4, 0.5) is 5.69 Å². The summed E-state index contributed by atoms with van der Waals surface area (Å²) in [5.41, 5.74) is 4.71. The molecule has 4 aromatic rings. The Morgan fingerprint density at radius 2 is 1.57 bits per heavy atom. The molecule has 1 unspecified atom stereocenters. The molecule has 2 aliphatic rings.